The normalized spacial score (nSPS) is 16.4. The number of rotatable bonds is 7. The third-order valence-electron chi connectivity index (χ3n) is 3.28. The summed E-state index contributed by atoms with van der Waals surface area (Å²) in [6, 6.07) is 1.79. The first kappa shape index (κ1) is 13.4. The molecule has 1 saturated carbocycles. The van der Waals surface area contributed by atoms with Gasteiger partial charge in [-0.25, -0.2) is 15.8 Å². The molecule has 18 heavy (non-hydrogen) atoms. The number of nitrogen functional groups attached to an aromatic ring is 1. The summed E-state index contributed by atoms with van der Waals surface area (Å²) in [4.78, 5) is 8.58. The lowest BCUT2D eigenvalue weighted by molar-refractivity contribution is 0.253. The monoisotopic (exact) mass is 269 g/mol. The Bertz CT molecular complexity index is 388. The summed E-state index contributed by atoms with van der Waals surface area (Å²) in [5.41, 5.74) is 2.80. The molecule has 1 heterocycles. The molecule has 0 radical (unpaired) electrons. The van der Waals surface area contributed by atoms with Gasteiger partial charge in [0.1, 0.15) is 11.6 Å². The second kappa shape index (κ2) is 5.73. The molecule has 1 aromatic heterocycles. The fraction of sp³-hybridized carbons (Fsp3) is 0.636. The highest BCUT2D eigenvalue weighted by molar-refractivity contribution is 7.98. The summed E-state index contributed by atoms with van der Waals surface area (Å²) in [5, 5.41) is 13.0. The lowest BCUT2D eigenvalue weighted by Crippen LogP contribution is -2.18. The minimum absolute atomic E-state index is 0.247. The number of aliphatic hydroxyl groups excluding tert-OH is 1. The zero-order valence-electron chi connectivity index (χ0n) is 10.4. The average Bonchev–Trinajstić information content (AvgIpc) is 3.16. The second-order valence-corrected chi connectivity index (χ2v) is 5.37. The molecule has 100 valence electrons. The van der Waals surface area contributed by atoms with Crippen molar-refractivity contribution in [3.63, 3.8) is 0 Å². The lowest BCUT2D eigenvalue weighted by Gasteiger charge is -2.15. The molecular formula is C11H19N5OS. The lowest BCUT2D eigenvalue weighted by atomic mass is 10.0. The molecule has 5 N–H and O–H groups in total. The molecule has 0 bridgehead atoms. The van der Waals surface area contributed by atoms with E-state index in [0.717, 1.165) is 18.8 Å². The van der Waals surface area contributed by atoms with E-state index in [0.29, 0.717) is 11.0 Å². The number of aliphatic hydroxyl groups is 1. The molecule has 1 aliphatic carbocycles. The number of aromatic nitrogens is 2. The fourth-order valence-electron chi connectivity index (χ4n) is 1.89. The van der Waals surface area contributed by atoms with Crippen LogP contribution in [0.2, 0.25) is 0 Å². The highest BCUT2D eigenvalue weighted by atomic mass is 32.2. The summed E-state index contributed by atoms with van der Waals surface area (Å²) < 4.78 is 0. The van der Waals surface area contributed by atoms with E-state index in [1.165, 1.54) is 24.6 Å². The van der Waals surface area contributed by atoms with Crippen molar-refractivity contribution in [2.75, 3.05) is 30.1 Å². The maximum absolute atomic E-state index is 9.02. The van der Waals surface area contributed by atoms with Crippen LogP contribution in [-0.4, -0.2) is 34.5 Å². The number of hydrogen-bond acceptors (Lipinski definition) is 7. The molecule has 0 amide bonds. The van der Waals surface area contributed by atoms with E-state index in [1.54, 1.807) is 6.07 Å². The van der Waals surface area contributed by atoms with Gasteiger partial charge in [-0.3, -0.25) is 0 Å². The van der Waals surface area contributed by atoms with E-state index in [9.17, 15) is 0 Å². The highest BCUT2D eigenvalue weighted by Crippen LogP contribution is 2.48. The number of nitrogens with zero attached hydrogens (tertiary/aromatic N) is 2. The number of thioether (sulfide) groups is 1. The SMILES string of the molecule is CSc1nc(NN)cc(NCC2(CCO)CC2)n1. The molecule has 0 unspecified atom stereocenters. The van der Waals surface area contributed by atoms with Gasteiger partial charge in [0.05, 0.1) is 0 Å². The number of anilines is 2. The van der Waals surface area contributed by atoms with Crippen LogP contribution >= 0.6 is 11.8 Å². The Morgan fingerprint density at radius 2 is 2.17 bits per heavy atom. The van der Waals surface area contributed by atoms with Crippen LogP contribution in [0.1, 0.15) is 19.3 Å². The second-order valence-electron chi connectivity index (χ2n) is 4.60. The van der Waals surface area contributed by atoms with Crippen molar-refractivity contribution >= 4 is 23.4 Å². The van der Waals surface area contributed by atoms with Gasteiger partial charge in [0, 0.05) is 19.2 Å². The van der Waals surface area contributed by atoms with E-state index >= 15 is 0 Å². The maximum Gasteiger partial charge on any atom is 0.191 e. The summed E-state index contributed by atoms with van der Waals surface area (Å²) in [6.07, 6.45) is 5.11. The predicted octanol–water partition coefficient (Wildman–Crippen LogP) is 1.06. The first-order valence-electron chi connectivity index (χ1n) is 5.96. The maximum atomic E-state index is 9.02. The first-order valence-corrected chi connectivity index (χ1v) is 7.18. The molecule has 1 aliphatic rings. The Kier molecular flexibility index (Phi) is 4.26. The Morgan fingerprint density at radius 3 is 2.72 bits per heavy atom. The molecule has 1 aromatic rings. The Morgan fingerprint density at radius 1 is 1.44 bits per heavy atom. The molecule has 1 fully saturated rings. The van der Waals surface area contributed by atoms with Gasteiger partial charge in [0.15, 0.2) is 5.16 Å². The van der Waals surface area contributed by atoms with E-state index in [2.05, 4.69) is 20.7 Å². The topological polar surface area (TPSA) is 96.1 Å². The minimum atomic E-state index is 0.247. The van der Waals surface area contributed by atoms with Gasteiger partial charge < -0.3 is 15.8 Å². The number of hydrazine groups is 1. The summed E-state index contributed by atoms with van der Waals surface area (Å²) in [5.74, 6) is 6.74. The molecule has 0 aromatic carbocycles. The Hall–Kier alpha value is -1.05. The zero-order chi connectivity index (χ0) is 13.0. The minimum Gasteiger partial charge on any atom is -0.396 e. The molecule has 0 atom stereocenters. The van der Waals surface area contributed by atoms with Gasteiger partial charge in [0.25, 0.3) is 0 Å². The van der Waals surface area contributed by atoms with Crippen molar-refractivity contribution in [2.45, 2.75) is 24.4 Å². The number of hydrogen-bond donors (Lipinski definition) is 4. The van der Waals surface area contributed by atoms with Crippen LogP contribution < -0.4 is 16.6 Å². The summed E-state index contributed by atoms with van der Waals surface area (Å²) >= 11 is 1.47. The van der Waals surface area contributed by atoms with Crippen molar-refractivity contribution in [1.82, 2.24) is 9.97 Å². The van der Waals surface area contributed by atoms with Crippen LogP contribution in [-0.2, 0) is 0 Å². The quantitative estimate of drug-likeness (QED) is 0.254. The molecule has 0 spiro atoms. The predicted molar refractivity (Wildman–Crippen MR) is 73.5 cm³/mol. The van der Waals surface area contributed by atoms with Crippen molar-refractivity contribution in [3.05, 3.63) is 6.07 Å². The zero-order valence-corrected chi connectivity index (χ0v) is 11.3. The third kappa shape index (κ3) is 3.24. The summed E-state index contributed by atoms with van der Waals surface area (Å²) in [7, 11) is 0. The first-order chi connectivity index (χ1) is 8.71. The van der Waals surface area contributed by atoms with Gasteiger partial charge >= 0.3 is 0 Å². The van der Waals surface area contributed by atoms with Crippen molar-refractivity contribution < 1.29 is 5.11 Å². The smallest absolute Gasteiger partial charge is 0.191 e. The van der Waals surface area contributed by atoms with Crippen LogP contribution in [0.5, 0.6) is 0 Å². The Balaban J connectivity index is 2.00. The number of nitrogens with one attached hydrogen (secondary N) is 2. The molecule has 7 heteroatoms. The van der Waals surface area contributed by atoms with E-state index in [1.807, 2.05) is 6.26 Å². The van der Waals surface area contributed by atoms with Crippen LogP contribution in [0.15, 0.2) is 11.2 Å². The van der Waals surface area contributed by atoms with E-state index in [-0.39, 0.29) is 12.0 Å². The van der Waals surface area contributed by atoms with Gasteiger partial charge in [0.2, 0.25) is 0 Å². The average molecular weight is 269 g/mol. The van der Waals surface area contributed by atoms with Gasteiger partial charge in [-0.15, -0.1) is 0 Å². The van der Waals surface area contributed by atoms with Crippen LogP contribution in [0.25, 0.3) is 0 Å². The standard InChI is InChI=1S/C11H19N5OS/c1-18-10-14-8(6-9(15-10)16-12)13-7-11(2-3-11)4-5-17/h6,17H,2-5,7,12H2,1H3,(H2,13,14,15,16). The van der Waals surface area contributed by atoms with Gasteiger partial charge in [-0.2, -0.15) is 0 Å². The molecular weight excluding hydrogens is 250 g/mol. The largest absolute Gasteiger partial charge is 0.396 e. The van der Waals surface area contributed by atoms with Crippen LogP contribution in [0.3, 0.4) is 0 Å². The number of nitrogens with two attached hydrogens (primary N) is 1. The van der Waals surface area contributed by atoms with Gasteiger partial charge in [-0.05, 0) is 30.9 Å². The van der Waals surface area contributed by atoms with E-state index in [4.69, 9.17) is 10.9 Å². The van der Waals surface area contributed by atoms with Crippen molar-refractivity contribution in [2.24, 2.45) is 11.3 Å². The molecule has 0 aliphatic heterocycles. The van der Waals surface area contributed by atoms with Crippen molar-refractivity contribution in [1.29, 1.82) is 0 Å². The van der Waals surface area contributed by atoms with Gasteiger partial charge in [-0.1, -0.05) is 11.8 Å². The molecule has 6 nitrogen and oxygen atoms in total. The fourth-order valence-corrected chi connectivity index (χ4v) is 2.27. The molecule has 2 rings (SSSR count). The van der Waals surface area contributed by atoms with Crippen LogP contribution in [0.4, 0.5) is 11.6 Å². The van der Waals surface area contributed by atoms with E-state index < -0.39 is 0 Å². The van der Waals surface area contributed by atoms with Crippen LogP contribution in [0, 0.1) is 5.41 Å². The highest BCUT2D eigenvalue weighted by Gasteiger charge is 2.41. The van der Waals surface area contributed by atoms with Crippen molar-refractivity contribution in [3.8, 4) is 0 Å². The summed E-state index contributed by atoms with van der Waals surface area (Å²) in [6.45, 7) is 1.08. The Labute approximate surface area is 111 Å². The third-order valence-corrected chi connectivity index (χ3v) is 3.83. The molecule has 0 saturated heterocycles.